The van der Waals surface area contributed by atoms with Crippen LogP contribution in [0, 0.1) is 0 Å². The van der Waals surface area contributed by atoms with Crippen LogP contribution in [0.2, 0.25) is 0 Å². The molecule has 0 unspecified atom stereocenters. The Bertz CT molecular complexity index is 456. The van der Waals surface area contributed by atoms with Gasteiger partial charge >= 0.3 is 18.0 Å². The van der Waals surface area contributed by atoms with E-state index in [1.165, 1.54) is 24.5 Å². The van der Waals surface area contributed by atoms with Gasteiger partial charge in [0.25, 0.3) is 0 Å². The van der Waals surface area contributed by atoms with Crippen molar-refractivity contribution in [1.82, 2.24) is 10.2 Å². The van der Waals surface area contributed by atoms with E-state index in [9.17, 15) is 14.4 Å². The highest BCUT2D eigenvalue weighted by Crippen LogP contribution is 2.04. The highest BCUT2D eigenvalue weighted by Gasteiger charge is 2.24. The van der Waals surface area contributed by atoms with Crippen molar-refractivity contribution < 1.29 is 29.0 Å². The van der Waals surface area contributed by atoms with E-state index in [0.717, 1.165) is 5.56 Å². The first-order valence-corrected chi connectivity index (χ1v) is 5.37. The van der Waals surface area contributed by atoms with Crippen LogP contribution in [0.1, 0.15) is 12.0 Å². The number of rotatable bonds is 6. The summed E-state index contributed by atoms with van der Waals surface area (Å²) in [5.41, 5.74) is 0.739. The van der Waals surface area contributed by atoms with Crippen molar-refractivity contribution in [2.75, 3.05) is 7.05 Å². The minimum absolute atomic E-state index is 0.224. The molecule has 1 atom stereocenters. The molecule has 8 nitrogen and oxygen atoms in total. The van der Waals surface area contributed by atoms with Crippen molar-refractivity contribution in [2.24, 2.45) is 0 Å². The summed E-state index contributed by atoms with van der Waals surface area (Å²) in [5.74, 6) is -2.70. The zero-order valence-corrected chi connectivity index (χ0v) is 10.2. The van der Waals surface area contributed by atoms with Crippen LogP contribution in [0.4, 0.5) is 4.79 Å². The Morgan fingerprint density at radius 2 is 2.11 bits per heavy atom. The van der Waals surface area contributed by atoms with Crippen molar-refractivity contribution in [2.45, 2.75) is 19.0 Å². The molecule has 8 heteroatoms. The number of amides is 2. The van der Waals surface area contributed by atoms with Crippen LogP contribution in [-0.2, 0) is 16.1 Å². The first-order chi connectivity index (χ1) is 8.90. The van der Waals surface area contributed by atoms with Crippen LogP contribution in [0.5, 0.6) is 0 Å². The summed E-state index contributed by atoms with van der Waals surface area (Å²) in [6, 6.07) is -0.470. The molecule has 0 saturated carbocycles. The summed E-state index contributed by atoms with van der Waals surface area (Å²) < 4.78 is 4.84. The van der Waals surface area contributed by atoms with E-state index in [0.29, 0.717) is 0 Å². The third-order valence-corrected chi connectivity index (χ3v) is 2.32. The summed E-state index contributed by atoms with van der Waals surface area (Å²) in [6.45, 7) is 0.224. The normalized spacial score (nSPS) is 11.6. The largest absolute Gasteiger partial charge is 0.481 e. The predicted octanol–water partition coefficient (Wildman–Crippen LogP) is 0.349. The lowest BCUT2D eigenvalue weighted by molar-refractivity contribution is -0.145. The van der Waals surface area contributed by atoms with Gasteiger partial charge in [-0.3, -0.25) is 4.79 Å². The van der Waals surface area contributed by atoms with Crippen LogP contribution in [0.3, 0.4) is 0 Å². The molecule has 0 aliphatic carbocycles. The van der Waals surface area contributed by atoms with Crippen LogP contribution in [0.15, 0.2) is 23.0 Å². The summed E-state index contributed by atoms with van der Waals surface area (Å²) >= 11 is 0. The lowest BCUT2D eigenvalue weighted by atomic mass is 10.2. The van der Waals surface area contributed by atoms with Gasteiger partial charge in [0.05, 0.1) is 25.5 Å². The number of carbonyl (C=O) groups is 3. The van der Waals surface area contributed by atoms with Gasteiger partial charge in [-0.25, -0.2) is 9.59 Å². The van der Waals surface area contributed by atoms with E-state index in [-0.39, 0.29) is 6.54 Å². The summed E-state index contributed by atoms with van der Waals surface area (Å²) in [7, 11) is 1.46. The average molecular weight is 270 g/mol. The third kappa shape index (κ3) is 4.70. The molecule has 1 aromatic heterocycles. The fourth-order valence-corrected chi connectivity index (χ4v) is 1.36. The van der Waals surface area contributed by atoms with Crippen molar-refractivity contribution in [1.29, 1.82) is 0 Å². The van der Waals surface area contributed by atoms with Crippen molar-refractivity contribution >= 4 is 18.0 Å². The Labute approximate surface area is 108 Å². The molecule has 0 bridgehead atoms. The van der Waals surface area contributed by atoms with Crippen LogP contribution in [-0.4, -0.2) is 46.2 Å². The molecule has 104 valence electrons. The van der Waals surface area contributed by atoms with Gasteiger partial charge in [-0.2, -0.15) is 0 Å². The molecule has 0 fully saturated rings. The third-order valence-electron chi connectivity index (χ3n) is 2.32. The Morgan fingerprint density at radius 1 is 1.42 bits per heavy atom. The highest BCUT2D eigenvalue weighted by molar-refractivity contribution is 5.86. The quantitative estimate of drug-likeness (QED) is 0.686. The van der Waals surface area contributed by atoms with E-state index in [2.05, 4.69) is 5.32 Å². The smallest absolute Gasteiger partial charge is 0.326 e. The second kappa shape index (κ2) is 6.43. The standard InChI is InChI=1S/C11H14N2O6/c1-13(5-7-2-3-19-6-7)11(18)12-8(10(16)17)4-9(14)15/h2-3,6,8H,4-5H2,1H3,(H,12,18)(H,14,15)(H,16,17)/t8-/m0/s1. The first kappa shape index (κ1) is 14.6. The van der Waals surface area contributed by atoms with Gasteiger partial charge in [-0.15, -0.1) is 0 Å². The minimum atomic E-state index is -1.46. The molecule has 0 radical (unpaired) electrons. The van der Waals surface area contributed by atoms with Gasteiger partial charge in [0, 0.05) is 12.6 Å². The Balaban J connectivity index is 2.56. The molecule has 3 N–H and O–H groups in total. The van der Waals surface area contributed by atoms with E-state index in [1.54, 1.807) is 6.07 Å². The lowest BCUT2D eigenvalue weighted by Crippen LogP contribution is -2.47. The second-order valence-electron chi connectivity index (χ2n) is 3.93. The minimum Gasteiger partial charge on any atom is -0.481 e. The maximum absolute atomic E-state index is 11.7. The average Bonchev–Trinajstić information content (AvgIpc) is 2.79. The van der Waals surface area contributed by atoms with Gasteiger partial charge in [-0.1, -0.05) is 0 Å². The summed E-state index contributed by atoms with van der Waals surface area (Å²) in [4.78, 5) is 34.2. The molecular weight excluding hydrogens is 256 g/mol. The number of hydrogen-bond donors (Lipinski definition) is 3. The van der Waals surface area contributed by atoms with Gasteiger partial charge < -0.3 is 24.8 Å². The Hall–Kier alpha value is -2.51. The van der Waals surface area contributed by atoms with Crippen molar-refractivity contribution in [3.8, 4) is 0 Å². The van der Waals surface area contributed by atoms with E-state index >= 15 is 0 Å². The molecule has 0 spiro atoms. The van der Waals surface area contributed by atoms with Crippen LogP contribution >= 0.6 is 0 Å². The Kier molecular flexibility index (Phi) is 4.92. The van der Waals surface area contributed by atoms with Crippen LogP contribution in [0.25, 0.3) is 0 Å². The molecule has 0 saturated heterocycles. The maximum atomic E-state index is 11.7. The number of carbonyl (C=O) groups excluding carboxylic acids is 1. The monoisotopic (exact) mass is 270 g/mol. The first-order valence-electron chi connectivity index (χ1n) is 5.37. The number of carboxylic acid groups (broad SMARTS) is 2. The summed E-state index contributed by atoms with van der Waals surface area (Å²) in [5, 5.41) is 19.5. The molecule has 0 aliphatic heterocycles. The zero-order valence-electron chi connectivity index (χ0n) is 10.2. The van der Waals surface area contributed by atoms with Crippen molar-refractivity contribution in [3.63, 3.8) is 0 Å². The molecule has 0 aliphatic rings. The van der Waals surface area contributed by atoms with E-state index in [1.807, 2.05) is 0 Å². The highest BCUT2D eigenvalue weighted by atomic mass is 16.4. The number of urea groups is 1. The fraction of sp³-hybridized carbons (Fsp3) is 0.364. The molecule has 1 rings (SSSR count). The molecule has 1 heterocycles. The number of carboxylic acids is 2. The molecule has 0 aromatic carbocycles. The van der Waals surface area contributed by atoms with E-state index < -0.39 is 30.4 Å². The molecule has 1 aromatic rings. The summed E-state index contributed by atoms with van der Waals surface area (Å²) in [6.07, 6.45) is 2.22. The number of aliphatic carboxylic acids is 2. The SMILES string of the molecule is CN(Cc1ccoc1)C(=O)N[C@@H](CC(=O)O)C(=O)O. The van der Waals surface area contributed by atoms with Crippen LogP contribution < -0.4 is 5.32 Å². The molecule has 19 heavy (non-hydrogen) atoms. The number of nitrogens with one attached hydrogen (secondary N) is 1. The van der Waals surface area contributed by atoms with E-state index in [4.69, 9.17) is 14.6 Å². The number of nitrogens with zero attached hydrogens (tertiary/aromatic N) is 1. The lowest BCUT2D eigenvalue weighted by Gasteiger charge is -2.20. The zero-order chi connectivity index (χ0) is 14.4. The molecular formula is C11H14N2O6. The van der Waals surface area contributed by atoms with Crippen molar-refractivity contribution in [3.05, 3.63) is 24.2 Å². The number of hydrogen-bond acceptors (Lipinski definition) is 4. The predicted molar refractivity (Wildman–Crippen MR) is 62.4 cm³/mol. The van der Waals surface area contributed by atoms with Gasteiger partial charge in [0.1, 0.15) is 6.04 Å². The van der Waals surface area contributed by atoms with Gasteiger partial charge in [0.15, 0.2) is 0 Å². The second-order valence-corrected chi connectivity index (χ2v) is 3.93. The Morgan fingerprint density at radius 3 is 2.58 bits per heavy atom. The number of furan rings is 1. The van der Waals surface area contributed by atoms with Gasteiger partial charge in [-0.05, 0) is 6.07 Å². The fourth-order valence-electron chi connectivity index (χ4n) is 1.36. The van der Waals surface area contributed by atoms with Gasteiger partial charge in [0.2, 0.25) is 0 Å². The topological polar surface area (TPSA) is 120 Å². The molecule has 2 amide bonds. The maximum Gasteiger partial charge on any atom is 0.326 e.